The van der Waals surface area contributed by atoms with Gasteiger partial charge in [0.2, 0.25) is 5.91 Å². The zero-order chi connectivity index (χ0) is 14.1. The maximum absolute atomic E-state index is 12.9. The number of carbonyl (C=O) groups is 1. The highest BCUT2D eigenvalue weighted by molar-refractivity contribution is 5.79. The van der Waals surface area contributed by atoms with E-state index in [9.17, 15) is 9.18 Å². The quantitative estimate of drug-likeness (QED) is 0.825. The molecule has 1 atom stereocenters. The number of aromatic nitrogens is 1. The molecule has 1 aliphatic heterocycles. The molecule has 104 valence electrons. The minimum absolute atomic E-state index is 0.0895. The van der Waals surface area contributed by atoms with Gasteiger partial charge in [0.15, 0.2) is 0 Å². The number of rotatable bonds is 2. The van der Waals surface area contributed by atoms with Crippen LogP contribution in [-0.2, 0) is 17.8 Å². The standard InChI is InChI=1S/C16H17FN2O/c1-12-15-3-2-8-18(15)9-10-19(12)16(20)11-13-4-6-14(17)7-5-13/h2-8,12H,9-11H2,1H3. The van der Waals surface area contributed by atoms with E-state index < -0.39 is 0 Å². The van der Waals surface area contributed by atoms with E-state index in [4.69, 9.17) is 0 Å². The molecule has 2 heterocycles. The smallest absolute Gasteiger partial charge is 0.227 e. The Bertz CT molecular complexity index is 618. The average molecular weight is 272 g/mol. The van der Waals surface area contributed by atoms with Gasteiger partial charge in [-0.3, -0.25) is 4.79 Å². The first-order valence-electron chi connectivity index (χ1n) is 6.84. The third-order valence-corrected chi connectivity index (χ3v) is 3.93. The van der Waals surface area contributed by atoms with Crippen LogP contribution in [0.5, 0.6) is 0 Å². The number of fused-ring (bicyclic) bond motifs is 1. The van der Waals surface area contributed by atoms with E-state index in [1.165, 1.54) is 17.8 Å². The summed E-state index contributed by atoms with van der Waals surface area (Å²) >= 11 is 0. The number of hydrogen-bond donors (Lipinski definition) is 0. The van der Waals surface area contributed by atoms with Crippen molar-refractivity contribution in [1.29, 1.82) is 0 Å². The Morgan fingerprint density at radius 2 is 2.00 bits per heavy atom. The summed E-state index contributed by atoms with van der Waals surface area (Å²) in [7, 11) is 0. The molecule has 0 N–H and O–H groups in total. The monoisotopic (exact) mass is 272 g/mol. The van der Waals surface area contributed by atoms with Gasteiger partial charge in [-0.1, -0.05) is 12.1 Å². The summed E-state index contributed by atoms with van der Waals surface area (Å²) in [6, 6.07) is 10.3. The van der Waals surface area contributed by atoms with Crippen molar-refractivity contribution in [3.05, 3.63) is 59.7 Å². The largest absolute Gasteiger partial charge is 0.348 e. The summed E-state index contributed by atoms with van der Waals surface area (Å²) in [4.78, 5) is 14.3. The minimum atomic E-state index is -0.273. The fourth-order valence-electron chi connectivity index (χ4n) is 2.80. The molecule has 3 nitrogen and oxygen atoms in total. The lowest BCUT2D eigenvalue weighted by Gasteiger charge is -2.35. The molecule has 1 unspecified atom stereocenters. The van der Waals surface area contributed by atoms with Gasteiger partial charge in [0, 0.05) is 25.0 Å². The Balaban J connectivity index is 1.73. The molecule has 0 aliphatic carbocycles. The molecule has 0 fully saturated rings. The molecule has 0 spiro atoms. The van der Waals surface area contributed by atoms with Crippen LogP contribution in [0.3, 0.4) is 0 Å². The molecule has 4 heteroatoms. The van der Waals surface area contributed by atoms with Crippen molar-refractivity contribution >= 4 is 5.91 Å². The van der Waals surface area contributed by atoms with Gasteiger partial charge in [-0.15, -0.1) is 0 Å². The normalized spacial score (nSPS) is 17.9. The fraction of sp³-hybridized carbons (Fsp3) is 0.312. The van der Waals surface area contributed by atoms with Gasteiger partial charge in [-0.2, -0.15) is 0 Å². The van der Waals surface area contributed by atoms with Crippen molar-refractivity contribution in [2.45, 2.75) is 25.9 Å². The molecule has 0 saturated carbocycles. The van der Waals surface area contributed by atoms with Gasteiger partial charge in [0.05, 0.1) is 12.5 Å². The first-order valence-corrected chi connectivity index (χ1v) is 6.84. The highest BCUT2D eigenvalue weighted by atomic mass is 19.1. The van der Waals surface area contributed by atoms with Gasteiger partial charge in [-0.05, 0) is 36.8 Å². The van der Waals surface area contributed by atoms with E-state index in [0.29, 0.717) is 6.42 Å². The Hall–Kier alpha value is -2.10. The topological polar surface area (TPSA) is 25.2 Å². The Morgan fingerprint density at radius 3 is 2.75 bits per heavy atom. The van der Waals surface area contributed by atoms with E-state index in [1.807, 2.05) is 24.1 Å². The molecule has 1 aromatic carbocycles. The van der Waals surface area contributed by atoms with E-state index in [1.54, 1.807) is 12.1 Å². The van der Waals surface area contributed by atoms with Crippen LogP contribution >= 0.6 is 0 Å². The van der Waals surface area contributed by atoms with Crippen molar-refractivity contribution in [1.82, 2.24) is 9.47 Å². The average Bonchev–Trinajstić information content (AvgIpc) is 2.91. The van der Waals surface area contributed by atoms with Crippen molar-refractivity contribution in [2.75, 3.05) is 6.54 Å². The highest BCUT2D eigenvalue weighted by Gasteiger charge is 2.27. The third-order valence-electron chi connectivity index (χ3n) is 3.93. The van der Waals surface area contributed by atoms with Crippen LogP contribution in [-0.4, -0.2) is 21.9 Å². The summed E-state index contributed by atoms with van der Waals surface area (Å²) in [6.07, 6.45) is 2.37. The predicted molar refractivity (Wildman–Crippen MR) is 74.7 cm³/mol. The molecule has 0 saturated heterocycles. The maximum Gasteiger partial charge on any atom is 0.227 e. The predicted octanol–water partition coefficient (Wildman–Crippen LogP) is 2.77. The number of carbonyl (C=O) groups excluding carboxylic acids is 1. The summed E-state index contributed by atoms with van der Waals surface area (Å²) in [5.74, 6) is -0.179. The number of nitrogens with zero attached hydrogens (tertiary/aromatic N) is 2. The molecule has 0 radical (unpaired) electrons. The van der Waals surface area contributed by atoms with Crippen LogP contribution in [0.2, 0.25) is 0 Å². The second-order valence-corrected chi connectivity index (χ2v) is 5.19. The van der Waals surface area contributed by atoms with E-state index in [0.717, 1.165) is 18.7 Å². The first-order chi connectivity index (χ1) is 9.65. The molecule has 1 aliphatic rings. The van der Waals surface area contributed by atoms with Gasteiger partial charge in [-0.25, -0.2) is 4.39 Å². The number of halogens is 1. The second kappa shape index (κ2) is 5.12. The maximum atomic E-state index is 12.9. The van der Waals surface area contributed by atoms with E-state index in [2.05, 4.69) is 10.6 Å². The molecule has 0 bridgehead atoms. The van der Waals surface area contributed by atoms with E-state index in [-0.39, 0.29) is 17.8 Å². The van der Waals surface area contributed by atoms with Crippen LogP contribution in [0.1, 0.15) is 24.2 Å². The van der Waals surface area contributed by atoms with Crippen molar-refractivity contribution in [3.63, 3.8) is 0 Å². The van der Waals surface area contributed by atoms with Gasteiger partial charge in [0.1, 0.15) is 5.82 Å². The van der Waals surface area contributed by atoms with E-state index >= 15 is 0 Å². The zero-order valence-corrected chi connectivity index (χ0v) is 11.4. The zero-order valence-electron chi connectivity index (χ0n) is 11.4. The van der Waals surface area contributed by atoms with Crippen molar-refractivity contribution < 1.29 is 9.18 Å². The molecular formula is C16H17FN2O. The SMILES string of the molecule is CC1c2cccn2CCN1C(=O)Cc1ccc(F)cc1. The second-order valence-electron chi connectivity index (χ2n) is 5.19. The van der Waals surface area contributed by atoms with Crippen LogP contribution in [0.4, 0.5) is 4.39 Å². The van der Waals surface area contributed by atoms with Crippen LogP contribution in [0.25, 0.3) is 0 Å². The van der Waals surface area contributed by atoms with Crippen LogP contribution in [0, 0.1) is 5.82 Å². The summed E-state index contributed by atoms with van der Waals surface area (Å²) in [5.41, 5.74) is 2.02. The molecule has 1 amide bonds. The van der Waals surface area contributed by atoms with Crippen LogP contribution in [0.15, 0.2) is 42.6 Å². The highest BCUT2D eigenvalue weighted by Crippen LogP contribution is 2.25. The summed E-state index contributed by atoms with van der Waals surface area (Å²) < 4.78 is 15.1. The number of hydrogen-bond acceptors (Lipinski definition) is 1. The molecule has 1 aromatic heterocycles. The van der Waals surface area contributed by atoms with Crippen LogP contribution < -0.4 is 0 Å². The lowest BCUT2D eigenvalue weighted by molar-refractivity contribution is -0.133. The van der Waals surface area contributed by atoms with Gasteiger partial charge < -0.3 is 9.47 Å². The number of benzene rings is 1. The fourth-order valence-corrected chi connectivity index (χ4v) is 2.80. The van der Waals surface area contributed by atoms with Gasteiger partial charge in [0.25, 0.3) is 0 Å². The molecule has 20 heavy (non-hydrogen) atoms. The number of amides is 1. The van der Waals surface area contributed by atoms with Gasteiger partial charge >= 0.3 is 0 Å². The minimum Gasteiger partial charge on any atom is -0.348 e. The summed E-state index contributed by atoms with van der Waals surface area (Å²) in [5, 5.41) is 0. The molecule has 2 aromatic rings. The Kier molecular flexibility index (Phi) is 3.30. The Morgan fingerprint density at radius 1 is 1.25 bits per heavy atom. The first kappa shape index (κ1) is 12.9. The lowest BCUT2D eigenvalue weighted by Crippen LogP contribution is -2.41. The molecular weight excluding hydrogens is 255 g/mol. The third kappa shape index (κ3) is 2.33. The molecule has 3 rings (SSSR count). The van der Waals surface area contributed by atoms with Crippen molar-refractivity contribution in [3.8, 4) is 0 Å². The Labute approximate surface area is 117 Å². The lowest BCUT2D eigenvalue weighted by atomic mass is 10.1. The summed E-state index contributed by atoms with van der Waals surface area (Å²) in [6.45, 7) is 3.61. The van der Waals surface area contributed by atoms with Crippen molar-refractivity contribution in [2.24, 2.45) is 0 Å².